The molecule has 3 N–H and O–H groups in total. The topological polar surface area (TPSA) is 92.4 Å². The van der Waals surface area contributed by atoms with Crippen molar-refractivity contribution in [2.75, 3.05) is 11.9 Å². The average Bonchev–Trinajstić information content (AvgIpc) is 3.01. The van der Waals surface area contributed by atoms with Crippen LogP contribution in [0.2, 0.25) is 4.47 Å². The van der Waals surface area contributed by atoms with Gasteiger partial charge in [0.15, 0.2) is 4.47 Å². The lowest BCUT2D eigenvalue weighted by atomic mass is 10.1. The third kappa shape index (κ3) is 6.24. The minimum atomic E-state index is -0.702. The molecular formula is C16H19ClN4O3S. The van der Waals surface area contributed by atoms with Crippen LogP contribution in [0.5, 0.6) is 0 Å². The molecule has 25 heavy (non-hydrogen) atoms. The Morgan fingerprint density at radius 2 is 2.04 bits per heavy atom. The molecule has 2 rings (SSSR count). The van der Waals surface area contributed by atoms with Gasteiger partial charge in [-0.15, -0.1) is 11.3 Å². The normalized spacial score (nSPS) is 10.4. The molecule has 7 nitrogen and oxygen atoms in total. The summed E-state index contributed by atoms with van der Waals surface area (Å²) in [6, 6.07) is 6.97. The van der Waals surface area contributed by atoms with Gasteiger partial charge < -0.3 is 10.1 Å². The van der Waals surface area contributed by atoms with Gasteiger partial charge in [0, 0.05) is 16.8 Å². The summed E-state index contributed by atoms with van der Waals surface area (Å²) in [7, 11) is 0. The van der Waals surface area contributed by atoms with Gasteiger partial charge in [0.25, 0.3) is 5.91 Å². The van der Waals surface area contributed by atoms with E-state index in [1.165, 1.54) is 11.3 Å². The molecule has 0 aliphatic carbocycles. The Hall–Kier alpha value is -2.32. The number of benzene rings is 1. The third-order valence-corrected chi connectivity index (χ3v) is 4.09. The van der Waals surface area contributed by atoms with Crippen molar-refractivity contribution in [2.24, 2.45) is 5.92 Å². The highest BCUT2D eigenvalue weighted by Crippen LogP contribution is 2.20. The van der Waals surface area contributed by atoms with Crippen LogP contribution in [0.25, 0.3) is 0 Å². The molecule has 0 atom stereocenters. The summed E-state index contributed by atoms with van der Waals surface area (Å²) >= 11 is 7.16. The summed E-state index contributed by atoms with van der Waals surface area (Å²) in [5.41, 5.74) is 5.58. The van der Waals surface area contributed by atoms with E-state index >= 15 is 0 Å². The summed E-state index contributed by atoms with van der Waals surface area (Å²) in [4.78, 5) is 28.7. The predicted octanol–water partition coefficient (Wildman–Crippen LogP) is 3.44. The molecule has 1 aromatic carbocycles. The number of hydrogen-bond acceptors (Lipinski definition) is 6. The SMILES string of the molecule is CC(C)COC(=O)NNC(=O)c1ccccc1NCc1cnc(Cl)s1. The van der Waals surface area contributed by atoms with Crippen molar-refractivity contribution < 1.29 is 14.3 Å². The number of halogens is 1. The number of ether oxygens (including phenoxy) is 1. The van der Waals surface area contributed by atoms with Crippen LogP contribution >= 0.6 is 22.9 Å². The maximum atomic E-state index is 12.3. The van der Waals surface area contributed by atoms with Crippen LogP contribution in [0.4, 0.5) is 10.5 Å². The van der Waals surface area contributed by atoms with Gasteiger partial charge in [-0.25, -0.2) is 15.2 Å². The van der Waals surface area contributed by atoms with Gasteiger partial charge >= 0.3 is 6.09 Å². The van der Waals surface area contributed by atoms with Crippen molar-refractivity contribution in [3.63, 3.8) is 0 Å². The number of thiazole rings is 1. The highest BCUT2D eigenvalue weighted by atomic mass is 35.5. The van der Waals surface area contributed by atoms with Gasteiger partial charge in [-0.3, -0.25) is 10.2 Å². The quantitative estimate of drug-likeness (QED) is 0.665. The number of carbonyl (C=O) groups excluding carboxylic acids is 2. The van der Waals surface area contributed by atoms with Crippen LogP contribution in [0, 0.1) is 5.92 Å². The number of para-hydroxylation sites is 1. The molecule has 0 bridgehead atoms. The van der Waals surface area contributed by atoms with Crippen molar-refractivity contribution in [1.29, 1.82) is 0 Å². The Kier molecular flexibility index (Phi) is 7.03. The number of aromatic nitrogens is 1. The number of rotatable bonds is 6. The number of amides is 2. The van der Waals surface area contributed by atoms with E-state index in [1.54, 1.807) is 24.4 Å². The Balaban J connectivity index is 1.92. The van der Waals surface area contributed by atoms with E-state index < -0.39 is 12.0 Å². The number of hydrogen-bond donors (Lipinski definition) is 3. The van der Waals surface area contributed by atoms with E-state index in [9.17, 15) is 9.59 Å². The lowest BCUT2D eigenvalue weighted by Crippen LogP contribution is -2.42. The first kappa shape index (κ1) is 19.0. The second kappa shape index (κ2) is 9.24. The Bertz CT molecular complexity index is 736. The van der Waals surface area contributed by atoms with Crippen LogP contribution in [-0.4, -0.2) is 23.6 Å². The zero-order chi connectivity index (χ0) is 18.2. The van der Waals surface area contributed by atoms with Crippen molar-refractivity contribution in [3.8, 4) is 0 Å². The minimum Gasteiger partial charge on any atom is -0.448 e. The molecule has 0 aliphatic rings. The molecule has 2 amide bonds. The third-order valence-electron chi connectivity index (χ3n) is 2.98. The van der Waals surface area contributed by atoms with Crippen LogP contribution in [0.15, 0.2) is 30.5 Å². The molecule has 0 spiro atoms. The van der Waals surface area contributed by atoms with Crippen LogP contribution < -0.4 is 16.2 Å². The van der Waals surface area contributed by atoms with Crippen LogP contribution in [-0.2, 0) is 11.3 Å². The molecule has 0 unspecified atom stereocenters. The summed E-state index contributed by atoms with van der Waals surface area (Å²) in [6.07, 6.45) is 0.974. The highest BCUT2D eigenvalue weighted by Gasteiger charge is 2.12. The molecule has 134 valence electrons. The zero-order valence-electron chi connectivity index (χ0n) is 13.8. The second-order valence-electron chi connectivity index (χ2n) is 5.55. The zero-order valence-corrected chi connectivity index (χ0v) is 15.4. The number of carbonyl (C=O) groups is 2. The van der Waals surface area contributed by atoms with Gasteiger partial charge in [0.1, 0.15) is 0 Å². The lowest BCUT2D eigenvalue weighted by Gasteiger charge is -2.13. The van der Waals surface area contributed by atoms with Gasteiger partial charge in [-0.2, -0.15) is 0 Å². The fraction of sp³-hybridized carbons (Fsp3) is 0.312. The van der Waals surface area contributed by atoms with E-state index in [1.807, 2.05) is 19.9 Å². The predicted molar refractivity (Wildman–Crippen MR) is 97.7 cm³/mol. The highest BCUT2D eigenvalue weighted by molar-refractivity contribution is 7.15. The van der Waals surface area contributed by atoms with Gasteiger partial charge in [0.2, 0.25) is 0 Å². The van der Waals surface area contributed by atoms with Crippen molar-refractivity contribution in [1.82, 2.24) is 15.8 Å². The van der Waals surface area contributed by atoms with Gasteiger partial charge in [0.05, 0.1) is 18.7 Å². The first-order chi connectivity index (χ1) is 12.0. The fourth-order valence-corrected chi connectivity index (χ4v) is 2.75. The van der Waals surface area contributed by atoms with Crippen molar-refractivity contribution in [2.45, 2.75) is 20.4 Å². The molecule has 0 saturated heterocycles. The molecule has 0 saturated carbocycles. The Labute approximate surface area is 154 Å². The lowest BCUT2D eigenvalue weighted by molar-refractivity contribution is 0.0902. The van der Waals surface area contributed by atoms with E-state index in [-0.39, 0.29) is 12.5 Å². The Morgan fingerprint density at radius 1 is 1.28 bits per heavy atom. The van der Waals surface area contributed by atoms with E-state index in [2.05, 4.69) is 21.2 Å². The molecule has 9 heteroatoms. The summed E-state index contributed by atoms with van der Waals surface area (Å²) in [5, 5.41) is 3.16. The van der Waals surface area contributed by atoms with E-state index in [0.29, 0.717) is 22.3 Å². The molecule has 2 aromatic rings. The molecule has 1 heterocycles. The number of nitrogens with one attached hydrogen (secondary N) is 3. The van der Waals surface area contributed by atoms with Gasteiger partial charge in [-0.1, -0.05) is 37.6 Å². The number of hydrazine groups is 1. The maximum absolute atomic E-state index is 12.3. The summed E-state index contributed by atoms with van der Waals surface area (Å²) in [5.74, 6) is -0.237. The number of anilines is 1. The van der Waals surface area contributed by atoms with Crippen molar-refractivity contribution >= 4 is 40.6 Å². The van der Waals surface area contributed by atoms with E-state index in [4.69, 9.17) is 16.3 Å². The molecule has 0 aliphatic heterocycles. The molecular weight excluding hydrogens is 364 g/mol. The van der Waals surface area contributed by atoms with Gasteiger partial charge in [-0.05, 0) is 18.1 Å². The fourth-order valence-electron chi connectivity index (χ4n) is 1.84. The number of nitrogens with zero attached hydrogens (tertiary/aromatic N) is 1. The monoisotopic (exact) mass is 382 g/mol. The molecule has 0 fully saturated rings. The maximum Gasteiger partial charge on any atom is 0.426 e. The average molecular weight is 383 g/mol. The Morgan fingerprint density at radius 3 is 2.72 bits per heavy atom. The standard InChI is InChI=1S/C16H19ClN4O3S/c1-10(2)9-24-16(23)21-20-14(22)12-5-3-4-6-13(12)18-7-11-8-19-15(17)25-11/h3-6,8,10,18H,7,9H2,1-2H3,(H,20,22)(H,21,23). The van der Waals surface area contributed by atoms with E-state index in [0.717, 1.165) is 4.88 Å². The minimum absolute atomic E-state index is 0.214. The first-order valence-electron chi connectivity index (χ1n) is 7.62. The summed E-state index contributed by atoms with van der Waals surface area (Å²) in [6.45, 7) is 4.60. The molecule has 0 radical (unpaired) electrons. The first-order valence-corrected chi connectivity index (χ1v) is 8.81. The van der Waals surface area contributed by atoms with Crippen LogP contribution in [0.3, 0.4) is 0 Å². The molecule has 1 aromatic heterocycles. The second-order valence-corrected chi connectivity index (χ2v) is 7.25. The summed E-state index contributed by atoms with van der Waals surface area (Å²) < 4.78 is 5.39. The van der Waals surface area contributed by atoms with Crippen molar-refractivity contribution in [3.05, 3.63) is 45.4 Å². The largest absolute Gasteiger partial charge is 0.448 e. The smallest absolute Gasteiger partial charge is 0.426 e. The van der Waals surface area contributed by atoms with Crippen LogP contribution in [0.1, 0.15) is 29.1 Å².